The van der Waals surface area contributed by atoms with Crippen molar-refractivity contribution in [2.24, 2.45) is 7.05 Å². The van der Waals surface area contributed by atoms with Gasteiger partial charge in [-0.3, -0.25) is 4.68 Å². The second-order valence-electron chi connectivity index (χ2n) is 5.31. The van der Waals surface area contributed by atoms with Crippen LogP contribution >= 0.6 is 0 Å². The number of hydrogen-bond acceptors (Lipinski definition) is 2. The molecular formula is C14H25N3. The van der Waals surface area contributed by atoms with Gasteiger partial charge in [0.1, 0.15) is 0 Å². The first-order valence-electron chi connectivity index (χ1n) is 7.01. The fourth-order valence-corrected chi connectivity index (χ4v) is 2.87. The third-order valence-electron chi connectivity index (χ3n) is 3.89. The zero-order valence-electron chi connectivity index (χ0n) is 11.2. The quantitative estimate of drug-likeness (QED) is 0.872. The van der Waals surface area contributed by atoms with Crippen molar-refractivity contribution < 1.29 is 0 Å². The van der Waals surface area contributed by atoms with Gasteiger partial charge in [-0.05, 0) is 25.8 Å². The second kappa shape index (κ2) is 6.20. The molecule has 0 bridgehead atoms. The van der Waals surface area contributed by atoms with Crippen molar-refractivity contribution in [2.75, 3.05) is 0 Å². The van der Waals surface area contributed by atoms with Crippen LogP contribution in [0.2, 0.25) is 0 Å². The first kappa shape index (κ1) is 12.6. The van der Waals surface area contributed by atoms with E-state index in [1.807, 2.05) is 17.9 Å². The first-order valence-corrected chi connectivity index (χ1v) is 7.01. The van der Waals surface area contributed by atoms with Crippen molar-refractivity contribution >= 4 is 0 Å². The standard InChI is InChI=1S/C14H25N3/c1-12(14-10-11-15-17(14)2)16-13-8-6-4-3-5-7-9-13/h10-13,16H,3-9H2,1-2H3. The van der Waals surface area contributed by atoms with E-state index in [1.165, 1.54) is 50.6 Å². The molecule has 2 rings (SSSR count). The van der Waals surface area contributed by atoms with Gasteiger partial charge in [-0.15, -0.1) is 0 Å². The van der Waals surface area contributed by atoms with Crippen LogP contribution in [-0.2, 0) is 7.05 Å². The number of aryl methyl sites for hydroxylation is 1. The van der Waals surface area contributed by atoms with E-state index in [4.69, 9.17) is 0 Å². The predicted molar refractivity (Wildman–Crippen MR) is 70.9 cm³/mol. The van der Waals surface area contributed by atoms with Gasteiger partial charge in [0.05, 0.1) is 5.69 Å². The number of rotatable bonds is 3. The Kier molecular flexibility index (Phi) is 4.60. The fraction of sp³-hybridized carbons (Fsp3) is 0.786. The Morgan fingerprint density at radius 2 is 1.88 bits per heavy atom. The highest BCUT2D eigenvalue weighted by Crippen LogP contribution is 2.20. The molecule has 0 saturated heterocycles. The average Bonchev–Trinajstić information content (AvgIpc) is 2.68. The molecule has 1 N–H and O–H groups in total. The molecule has 0 radical (unpaired) electrons. The molecular weight excluding hydrogens is 210 g/mol. The van der Waals surface area contributed by atoms with Crippen molar-refractivity contribution in [3.63, 3.8) is 0 Å². The zero-order valence-corrected chi connectivity index (χ0v) is 11.2. The Bertz CT molecular complexity index is 324. The fourth-order valence-electron chi connectivity index (χ4n) is 2.87. The summed E-state index contributed by atoms with van der Waals surface area (Å²) in [5, 5.41) is 8.01. The summed E-state index contributed by atoms with van der Waals surface area (Å²) >= 11 is 0. The summed E-state index contributed by atoms with van der Waals surface area (Å²) in [5.41, 5.74) is 1.28. The lowest BCUT2D eigenvalue weighted by Crippen LogP contribution is -2.33. The third-order valence-corrected chi connectivity index (χ3v) is 3.89. The number of aromatic nitrogens is 2. The van der Waals surface area contributed by atoms with E-state index < -0.39 is 0 Å². The largest absolute Gasteiger partial charge is 0.306 e. The van der Waals surface area contributed by atoms with Crippen LogP contribution in [0.1, 0.15) is 63.6 Å². The van der Waals surface area contributed by atoms with E-state index in [2.05, 4.69) is 23.4 Å². The van der Waals surface area contributed by atoms with E-state index in [1.54, 1.807) is 0 Å². The van der Waals surface area contributed by atoms with E-state index in [0.717, 1.165) is 0 Å². The first-order chi connectivity index (χ1) is 8.27. The zero-order chi connectivity index (χ0) is 12.1. The summed E-state index contributed by atoms with van der Waals surface area (Å²) < 4.78 is 1.97. The smallest absolute Gasteiger partial charge is 0.0547 e. The molecule has 0 amide bonds. The van der Waals surface area contributed by atoms with Crippen LogP contribution in [0.3, 0.4) is 0 Å². The van der Waals surface area contributed by atoms with Crippen LogP contribution in [0, 0.1) is 0 Å². The highest BCUT2D eigenvalue weighted by molar-refractivity contribution is 5.05. The average molecular weight is 235 g/mol. The Hall–Kier alpha value is -0.830. The van der Waals surface area contributed by atoms with Gasteiger partial charge in [-0.1, -0.05) is 32.1 Å². The molecule has 96 valence electrons. The van der Waals surface area contributed by atoms with Crippen LogP contribution in [0.15, 0.2) is 12.3 Å². The minimum Gasteiger partial charge on any atom is -0.306 e. The van der Waals surface area contributed by atoms with E-state index in [0.29, 0.717) is 12.1 Å². The van der Waals surface area contributed by atoms with Crippen molar-refractivity contribution in [1.82, 2.24) is 15.1 Å². The lowest BCUT2D eigenvalue weighted by atomic mass is 9.96. The maximum Gasteiger partial charge on any atom is 0.0547 e. The number of hydrogen-bond donors (Lipinski definition) is 1. The van der Waals surface area contributed by atoms with Crippen LogP contribution in [-0.4, -0.2) is 15.8 Å². The van der Waals surface area contributed by atoms with E-state index >= 15 is 0 Å². The van der Waals surface area contributed by atoms with Crippen LogP contribution in [0.5, 0.6) is 0 Å². The normalized spacial score (nSPS) is 20.8. The molecule has 1 aromatic heterocycles. The summed E-state index contributed by atoms with van der Waals surface area (Å²) in [6.07, 6.45) is 11.6. The van der Waals surface area contributed by atoms with E-state index in [9.17, 15) is 0 Å². The number of nitrogens with zero attached hydrogens (tertiary/aromatic N) is 2. The molecule has 1 aliphatic carbocycles. The van der Waals surface area contributed by atoms with Crippen molar-refractivity contribution in [2.45, 2.75) is 64.0 Å². The summed E-state index contributed by atoms with van der Waals surface area (Å²) in [6.45, 7) is 2.25. The highest BCUT2D eigenvalue weighted by atomic mass is 15.3. The molecule has 0 aromatic carbocycles. The van der Waals surface area contributed by atoms with Gasteiger partial charge in [0, 0.05) is 25.3 Å². The monoisotopic (exact) mass is 235 g/mol. The van der Waals surface area contributed by atoms with Gasteiger partial charge in [0.2, 0.25) is 0 Å². The maximum absolute atomic E-state index is 4.24. The summed E-state index contributed by atoms with van der Waals surface area (Å²) in [7, 11) is 2.02. The Morgan fingerprint density at radius 3 is 2.47 bits per heavy atom. The van der Waals surface area contributed by atoms with Crippen molar-refractivity contribution in [3.05, 3.63) is 18.0 Å². The van der Waals surface area contributed by atoms with Crippen LogP contribution in [0.25, 0.3) is 0 Å². The van der Waals surface area contributed by atoms with Gasteiger partial charge in [-0.25, -0.2) is 0 Å². The molecule has 1 unspecified atom stereocenters. The van der Waals surface area contributed by atoms with Crippen LogP contribution in [0.4, 0.5) is 0 Å². The topological polar surface area (TPSA) is 29.9 Å². The highest BCUT2D eigenvalue weighted by Gasteiger charge is 2.16. The van der Waals surface area contributed by atoms with Crippen LogP contribution < -0.4 is 5.32 Å². The molecule has 3 nitrogen and oxygen atoms in total. The molecule has 3 heteroatoms. The summed E-state index contributed by atoms with van der Waals surface area (Å²) in [6, 6.07) is 3.22. The maximum atomic E-state index is 4.24. The summed E-state index contributed by atoms with van der Waals surface area (Å²) in [4.78, 5) is 0. The number of nitrogens with one attached hydrogen (secondary N) is 1. The molecule has 1 aliphatic rings. The van der Waals surface area contributed by atoms with E-state index in [-0.39, 0.29) is 0 Å². The Balaban J connectivity index is 1.88. The summed E-state index contributed by atoms with van der Waals surface area (Å²) in [5.74, 6) is 0. The second-order valence-corrected chi connectivity index (χ2v) is 5.31. The lowest BCUT2D eigenvalue weighted by molar-refractivity contribution is 0.356. The molecule has 1 atom stereocenters. The molecule has 0 spiro atoms. The minimum atomic E-state index is 0.409. The molecule has 1 saturated carbocycles. The van der Waals surface area contributed by atoms with Crippen molar-refractivity contribution in [3.8, 4) is 0 Å². The SMILES string of the molecule is CC(NC1CCCCCCC1)c1ccnn1C. The lowest BCUT2D eigenvalue weighted by Gasteiger charge is -2.25. The van der Waals surface area contributed by atoms with Gasteiger partial charge in [-0.2, -0.15) is 5.10 Å². The van der Waals surface area contributed by atoms with Crippen molar-refractivity contribution in [1.29, 1.82) is 0 Å². The molecule has 0 aliphatic heterocycles. The molecule has 17 heavy (non-hydrogen) atoms. The molecule has 1 aromatic rings. The van der Waals surface area contributed by atoms with Gasteiger partial charge in [0.25, 0.3) is 0 Å². The Morgan fingerprint density at radius 1 is 1.24 bits per heavy atom. The third kappa shape index (κ3) is 3.56. The van der Waals surface area contributed by atoms with Gasteiger partial charge in [0.15, 0.2) is 0 Å². The van der Waals surface area contributed by atoms with Gasteiger partial charge >= 0.3 is 0 Å². The molecule has 1 fully saturated rings. The predicted octanol–water partition coefficient (Wildman–Crippen LogP) is 3.18. The Labute approximate surface area is 105 Å². The van der Waals surface area contributed by atoms with Gasteiger partial charge < -0.3 is 5.32 Å². The molecule has 1 heterocycles. The minimum absolute atomic E-state index is 0.409.